The number of carbonyl (C=O) groups excluding carboxylic acids is 2. The van der Waals surface area contributed by atoms with Crippen LogP contribution in [0.4, 0.5) is 13.2 Å². The van der Waals surface area contributed by atoms with Gasteiger partial charge >= 0.3 is 6.18 Å². The van der Waals surface area contributed by atoms with Crippen molar-refractivity contribution in [3.8, 4) is 10.6 Å². The number of carbonyl (C=O) groups is 2. The Morgan fingerprint density at radius 3 is 2.03 bits per heavy atom. The van der Waals surface area contributed by atoms with Gasteiger partial charge in [0.1, 0.15) is 5.01 Å². The fourth-order valence-electron chi connectivity index (χ4n) is 3.91. The molecule has 2 aromatic heterocycles. The number of fused-ring (bicyclic) bond motifs is 3. The van der Waals surface area contributed by atoms with Crippen molar-refractivity contribution in [3.05, 3.63) is 88.8 Å². The third kappa shape index (κ3) is 3.24. The summed E-state index contributed by atoms with van der Waals surface area (Å²) >= 11 is 1.14. The number of alkyl halides is 3. The highest BCUT2D eigenvalue weighted by atomic mass is 32.1. The maximum absolute atomic E-state index is 12.9. The lowest BCUT2D eigenvalue weighted by molar-refractivity contribution is -0.137. The number of hydrogen-bond acceptors (Lipinski definition) is 6. The minimum absolute atomic E-state index is 0.0397. The molecular formula is C25H11F3N2O3S. The highest BCUT2D eigenvalue weighted by molar-refractivity contribution is 7.21. The quantitative estimate of drug-likeness (QED) is 0.212. The smallest absolute Gasteiger partial charge is 0.416 e. The number of oxazole rings is 1. The van der Waals surface area contributed by atoms with Gasteiger partial charge in [-0.3, -0.25) is 9.59 Å². The van der Waals surface area contributed by atoms with Gasteiger partial charge in [-0.1, -0.05) is 47.7 Å². The zero-order valence-electron chi connectivity index (χ0n) is 17.0. The first-order valence-electron chi connectivity index (χ1n) is 10.1. The van der Waals surface area contributed by atoms with Gasteiger partial charge < -0.3 is 4.42 Å². The fourth-order valence-corrected chi connectivity index (χ4v) is 4.78. The number of nitrogens with zero attached hydrogens (tertiary/aromatic N) is 2. The van der Waals surface area contributed by atoms with Crippen LogP contribution in [0.3, 0.4) is 0 Å². The van der Waals surface area contributed by atoms with E-state index in [1.54, 1.807) is 12.1 Å². The molecule has 0 N–H and O–H groups in total. The predicted octanol–water partition coefficient (Wildman–Crippen LogP) is 6.59. The molecule has 0 atom stereocenters. The van der Waals surface area contributed by atoms with E-state index in [1.165, 1.54) is 18.2 Å². The Labute approximate surface area is 193 Å². The van der Waals surface area contributed by atoms with Crippen LogP contribution in [0.2, 0.25) is 0 Å². The maximum Gasteiger partial charge on any atom is 0.416 e. The van der Waals surface area contributed by atoms with E-state index in [0.717, 1.165) is 34.2 Å². The first-order chi connectivity index (χ1) is 16.3. The molecule has 0 unspecified atom stereocenters. The summed E-state index contributed by atoms with van der Waals surface area (Å²) in [6, 6.07) is 15.5. The third-order valence-electron chi connectivity index (χ3n) is 5.58. The summed E-state index contributed by atoms with van der Waals surface area (Å²) in [5.41, 5.74) is 0.560. The van der Waals surface area contributed by atoms with Crippen molar-refractivity contribution in [1.82, 2.24) is 9.97 Å². The Hall–Kier alpha value is -4.11. The second-order valence-electron chi connectivity index (χ2n) is 7.72. The molecule has 0 bridgehead atoms. The second-order valence-corrected chi connectivity index (χ2v) is 8.70. The normalized spacial score (nSPS) is 13.8. The summed E-state index contributed by atoms with van der Waals surface area (Å²) in [5, 5.41) is 2.17. The number of ketones is 2. The molecule has 3 aromatic carbocycles. The maximum atomic E-state index is 12.9. The zero-order chi connectivity index (χ0) is 23.6. The van der Waals surface area contributed by atoms with Crippen LogP contribution < -0.4 is 0 Å². The van der Waals surface area contributed by atoms with E-state index < -0.39 is 23.3 Å². The summed E-state index contributed by atoms with van der Waals surface area (Å²) in [6.45, 7) is 0. The van der Waals surface area contributed by atoms with E-state index in [2.05, 4.69) is 9.97 Å². The molecule has 34 heavy (non-hydrogen) atoms. The van der Waals surface area contributed by atoms with Gasteiger partial charge in [0, 0.05) is 22.8 Å². The molecule has 6 rings (SSSR count). The Balaban J connectivity index is 1.32. The molecule has 5 aromatic rings. The number of allylic oxidation sites excluding steroid dienone is 1. The number of halogens is 3. The van der Waals surface area contributed by atoms with Crippen LogP contribution in [0.25, 0.3) is 38.0 Å². The SMILES string of the molecule is O=C1C(=Cc2nc3sc(-c4ccc(C(F)(F)F)cc4)nc3o2)C(=O)c2cc3ccccc3cc21. The molecular weight excluding hydrogens is 465 g/mol. The lowest BCUT2D eigenvalue weighted by atomic mass is 10.0. The first-order valence-corrected chi connectivity index (χ1v) is 10.9. The van der Waals surface area contributed by atoms with Gasteiger partial charge in [-0.05, 0) is 35.0 Å². The zero-order valence-corrected chi connectivity index (χ0v) is 17.8. The summed E-state index contributed by atoms with van der Waals surface area (Å²) in [7, 11) is 0. The molecule has 0 amide bonds. The third-order valence-corrected chi connectivity index (χ3v) is 6.56. The van der Waals surface area contributed by atoms with Crippen LogP contribution in [-0.2, 0) is 6.18 Å². The van der Waals surface area contributed by atoms with Crippen molar-refractivity contribution in [1.29, 1.82) is 0 Å². The predicted molar refractivity (Wildman–Crippen MR) is 121 cm³/mol. The van der Waals surface area contributed by atoms with Crippen molar-refractivity contribution in [2.24, 2.45) is 0 Å². The highest BCUT2D eigenvalue weighted by Gasteiger charge is 2.34. The van der Waals surface area contributed by atoms with E-state index in [-0.39, 0.29) is 17.2 Å². The van der Waals surface area contributed by atoms with Crippen LogP contribution in [0.15, 0.2) is 70.7 Å². The molecule has 0 saturated heterocycles. The largest absolute Gasteiger partial charge is 0.417 e. The average molecular weight is 476 g/mol. The van der Waals surface area contributed by atoms with Crippen LogP contribution in [-0.4, -0.2) is 21.5 Å². The fraction of sp³-hybridized carbons (Fsp3) is 0.0400. The molecule has 2 heterocycles. The number of rotatable bonds is 2. The van der Waals surface area contributed by atoms with Gasteiger partial charge in [0.05, 0.1) is 11.1 Å². The molecule has 0 aliphatic heterocycles. The topological polar surface area (TPSA) is 73.1 Å². The van der Waals surface area contributed by atoms with E-state index in [0.29, 0.717) is 26.5 Å². The highest BCUT2D eigenvalue weighted by Crippen LogP contribution is 2.35. The number of aromatic nitrogens is 2. The van der Waals surface area contributed by atoms with Gasteiger partial charge in [0.15, 0.2) is 16.4 Å². The molecule has 1 aliphatic carbocycles. The van der Waals surface area contributed by atoms with Gasteiger partial charge in [-0.25, -0.2) is 0 Å². The minimum atomic E-state index is -4.42. The van der Waals surface area contributed by atoms with Crippen molar-refractivity contribution >= 4 is 50.3 Å². The van der Waals surface area contributed by atoms with Crippen molar-refractivity contribution < 1.29 is 27.2 Å². The van der Waals surface area contributed by atoms with Crippen LogP contribution in [0.1, 0.15) is 32.2 Å². The average Bonchev–Trinajstić information content (AvgIpc) is 3.45. The summed E-state index contributed by atoms with van der Waals surface area (Å²) in [6.07, 6.45) is -3.11. The molecule has 5 nitrogen and oxygen atoms in total. The Kier molecular flexibility index (Phi) is 4.34. The molecule has 0 spiro atoms. The molecule has 0 radical (unpaired) electrons. The number of Topliss-reactive ketones (excluding diaryl/α,β-unsaturated/α-hetero) is 2. The summed E-state index contributed by atoms with van der Waals surface area (Å²) in [4.78, 5) is 34.8. The van der Waals surface area contributed by atoms with Gasteiger partial charge in [0.2, 0.25) is 5.89 Å². The van der Waals surface area contributed by atoms with Crippen LogP contribution in [0, 0.1) is 0 Å². The lowest BCUT2D eigenvalue weighted by Gasteiger charge is -2.06. The number of benzene rings is 3. The number of thiazole rings is 1. The van der Waals surface area contributed by atoms with E-state index in [9.17, 15) is 22.8 Å². The standard InChI is InChI=1S/C25H11F3N2O3S/c26-25(27,28)15-7-5-12(6-8-15)23-30-22-24(34-23)29-19(33-22)11-18-20(31)16-9-13-3-1-2-4-14(13)10-17(16)21(18)32/h1-11H. The summed E-state index contributed by atoms with van der Waals surface area (Å²) in [5.74, 6) is -0.738. The van der Waals surface area contributed by atoms with E-state index in [4.69, 9.17) is 4.42 Å². The van der Waals surface area contributed by atoms with Crippen LogP contribution in [0.5, 0.6) is 0 Å². The van der Waals surface area contributed by atoms with Crippen LogP contribution >= 0.6 is 11.3 Å². The molecule has 9 heteroatoms. The first kappa shape index (κ1) is 20.5. The molecule has 166 valence electrons. The summed E-state index contributed by atoms with van der Waals surface area (Å²) < 4.78 is 43.9. The molecule has 0 saturated carbocycles. The van der Waals surface area contributed by atoms with Gasteiger partial charge in [-0.2, -0.15) is 23.1 Å². The minimum Gasteiger partial charge on any atom is -0.417 e. The molecule has 0 fully saturated rings. The van der Waals surface area contributed by atoms with Crippen molar-refractivity contribution in [2.75, 3.05) is 0 Å². The molecule has 1 aliphatic rings. The van der Waals surface area contributed by atoms with Crippen molar-refractivity contribution in [2.45, 2.75) is 6.18 Å². The lowest BCUT2D eigenvalue weighted by Crippen LogP contribution is -2.03. The van der Waals surface area contributed by atoms with Crippen molar-refractivity contribution in [3.63, 3.8) is 0 Å². The Bertz CT molecular complexity index is 1590. The monoisotopic (exact) mass is 476 g/mol. The second kappa shape index (κ2) is 7.19. The van der Waals surface area contributed by atoms with E-state index >= 15 is 0 Å². The van der Waals surface area contributed by atoms with Gasteiger partial charge in [0.25, 0.3) is 5.71 Å². The Morgan fingerprint density at radius 2 is 1.47 bits per heavy atom. The number of hydrogen-bond donors (Lipinski definition) is 0. The van der Waals surface area contributed by atoms with E-state index in [1.807, 2.05) is 24.3 Å². The van der Waals surface area contributed by atoms with Gasteiger partial charge in [-0.15, -0.1) is 0 Å². The Morgan fingerprint density at radius 1 is 0.853 bits per heavy atom.